The third-order valence-corrected chi connectivity index (χ3v) is 5.17. The Kier molecular flexibility index (Phi) is 8.27. The molecule has 1 aliphatic carbocycles. The van der Waals surface area contributed by atoms with Crippen LogP contribution >= 0.6 is 0 Å². The second-order valence-corrected chi connectivity index (χ2v) is 6.46. The summed E-state index contributed by atoms with van der Waals surface area (Å²) in [5.41, 5.74) is 6.02. The number of rotatable bonds is 9. The number of nitrogens with zero attached hydrogens (tertiary/aromatic N) is 1. The van der Waals surface area contributed by atoms with Gasteiger partial charge >= 0.3 is 0 Å². The van der Waals surface area contributed by atoms with Crippen molar-refractivity contribution in [1.29, 1.82) is 0 Å². The minimum absolute atomic E-state index is 0.0279. The van der Waals surface area contributed by atoms with Crippen molar-refractivity contribution in [2.24, 2.45) is 5.73 Å². The maximum Gasteiger partial charge on any atom is 0.234 e. The van der Waals surface area contributed by atoms with Crippen LogP contribution in [0.1, 0.15) is 72.1 Å². The number of nitrogens with two attached hydrogens (primary N) is 1. The van der Waals surface area contributed by atoms with Crippen molar-refractivity contribution in [3.63, 3.8) is 0 Å². The first-order valence-electron chi connectivity index (χ1n) is 8.86. The summed E-state index contributed by atoms with van der Waals surface area (Å²) >= 11 is 0. The fraction of sp³-hybridized carbons (Fsp3) is 0.941. The van der Waals surface area contributed by atoms with E-state index in [1.165, 1.54) is 19.3 Å². The Morgan fingerprint density at radius 1 is 1.19 bits per heavy atom. The van der Waals surface area contributed by atoms with Gasteiger partial charge in [-0.3, -0.25) is 9.69 Å². The molecule has 0 bridgehead atoms. The summed E-state index contributed by atoms with van der Waals surface area (Å²) < 4.78 is 0. The molecule has 1 aliphatic rings. The molecule has 1 rings (SSSR count). The Labute approximate surface area is 130 Å². The monoisotopic (exact) mass is 297 g/mol. The van der Waals surface area contributed by atoms with Crippen molar-refractivity contribution in [2.45, 2.75) is 83.7 Å². The molecule has 1 fully saturated rings. The van der Waals surface area contributed by atoms with Gasteiger partial charge in [0.15, 0.2) is 0 Å². The highest BCUT2D eigenvalue weighted by atomic mass is 16.2. The summed E-state index contributed by atoms with van der Waals surface area (Å²) in [6.07, 6.45) is 9.15. The molecule has 21 heavy (non-hydrogen) atoms. The predicted molar refractivity (Wildman–Crippen MR) is 89.2 cm³/mol. The van der Waals surface area contributed by atoms with Crippen molar-refractivity contribution < 1.29 is 4.79 Å². The molecule has 0 spiro atoms. The normalized spacial score (nSPS) is 17.2. The third-order valence-electron chi connectivity index (χ3n) is 5.17. The number of hydrogen-bond acceptors (Lipinski definition) is 3. The lowest BCUT2D eigenvalue weighted by Gasteiger charge is -2.42. The molecule has 0 aromatic heterocycles. The molecule has 1 amide bonds. The van der Waals surface area contributed by atoms with Crippen LogP contribution in [0.5, 0.6) is 0 Å². The summed E-state index contributed by atoms with van der Waals surface area (Å²) in [7, 11) is 0. The molecule has 0 saturated heterocycles. The molecule has 124 valence electrons. The summed E-state index contributed by atoms with van der Waals surface area (Å²) in [6, 6.07) is 0.394. The second kappa shape index (κ2) is 9.42. The Bertz CT molecular complexity index is 288. The molecular weight excluding hydrogens is 262 g/mol. The van der Waals surface area contributed by atoms with Gasteiger partial charge in [-0.1, -0.05) is 40.0 Å². The quantitative estimate of drug-likeness (QED) is 0.688. The second-order valence-electron chi connectivity index (χ2n) is 6.46. The average Bonchev–Trinajstić information content (AvgIpc) is 2.50. The highest BCUT2D eigenvalue weighted by Crippen LogP contribution is 2.23. The molecule has 0 aliphatic heterocycles. The Morgan fingerprint density at radius 3 is 2.29 bits per heavy atom. The van der Waals surface area contributed by atoms with E-state index in [0.29, 0.717) is 19.1 Å². The number of carbonyl (C=O) groups is 1. The summed E-state index contributed by atoms with van der Waals surface area (Å²) in [4.78, 5) is 14.7. The molecule has 0 aromatic carbocycles. The molecule has 0 heterocycles. The van der Waals surface area contributed by atoms with Crippen LogP contribution < -0.4 is 11.1 Å². The zero-order valence-electron chi connectivity index (χ0n) is 14.3. The van der Waals surface area contributed by atoms with Crippen molar-refractivity contribution in [3.05, 3.63) is 0 Å². The fourth-order valence-electron chi connectivity index (χ4n) is 3.56. The first kappa shape index (κ1) is 18.4. The minimum atomic E-state index is -0.0279. The summed E-state index contributed by atoms with van der Waals surface area (Å²) in [5.74, 6) is 0.176. The van der Waals surface area contributed by atoms with Gasteiger partial charge in [-0.25, -0.2) is 0 Å². The van der Waals surface area contributed by atoms with Gasteiger partial charge in [0, 0.05) is 18.1 Å². The molecule has 0 unspecified atom stereocenters. The molecule has 0 atom stereocenters. The van der Waals surface area contributed by atoms with E-state index in [4.69, 9.17) is 5.73 Å². The Balaban J connectivity index is 2.61. The first-order chi connectivity index (χ1) is 10.1. The van der Waals surface area contributed by atoms with Crippen molar-refractivity contribution in [1.82, 2.24) is 10.2 Å². The van der Waals surface area contributed by atoms with Crippen LogP contribution in [0.2, 0.25) is 0 Å². The van der Waals surface area contributed by atoms with E-state index in [2.05, 4.69) is 31.0 Å². The predicted octanol–water partition coefficient (Wildman–Crippen LogP) is 2.66. The third kappa shape index (κ3) is 5.26. The molecule has 4 heteroatoms. The van der Waals surface area contributed by atoms with E-state index < -0.39 is 0 Å². The topological polar surface area (TPSA) is 58.4 Å². The lowest BCUT2D eigenvalue weighted by Crippen LogP contribution is -2.56. The number of carbonyl (C=O) groups excluding carboxylic acids is 1. The zero-order valence-corrected chi connectivity index (χ0v) is 14.3. The van der Waals surface area contributed by atoms with Crippen LogP contribution in [-0.2, 0) is 4.79 Å². The maximum atomic E-state index is 12.4. The van der Waals surface area contributed by atoms with Gasteiger partial charge in [0.05, 0.1) is 6.54 Å². The fourth-order valence-corrected chi connectivity index (χ4v) is 3.56. The molecule has 0 radical (unpaired) electrons. The minimum Gasteiger partial charge on any atom is -0.352 e. The lowest BCUT2D eigenvalue weighted by atomic mass is 9.90. The highest BCUT2D eigenvalue weighted by molar-refractivity contribution is 5.78. The van der Waals surface area contributed by atoms with Crippen LogP contribution in [0.15, 0.2) is 0 Å². The van der Waals surface area contributed by atoms with Crippen molar-refractivity contribution in [2.75, 3.05) is 19.6 Å². The van der Waals surface area contributed by atoms with E-state index in [-0.39, 0.29) is 11.4 Å². The number of hydrogen-bond donors (Lipinski definition) is 2. The van der Waals surface area contributed by atoms with Gasteiger partial charge < -0.3 is 11.1 Å². The molecule has 0 aromatic rings. The van der Waals surface area contributed by atoms with E-state index >= 15 is 0 Å². The van der Waals surface area contributed by atoms with Crippen molar-refractivity contribution >= 4 is 5.91 Å². The SMILES string of the molecule is CCCN(CC(=O)NC1CCCCC1)C(CC)(CC)CN. The number of amides is 1. The van der Waals surface area contributed by atoms with Gasteiger partial charge in [0.2, 0.25) is 5.91 Å². The highest BCUT2D eigenvalue weighted by Gasteiger charge is 2.33. The Hall–Kier alpha value is -0.610. The van der Waals surface area contributed by atoms with Gasteiger partial charge in [-0.05, 0) is 38.6 Å². The van der Waals surface area contributed by atoms with Gasteiger partial charge in [0.1, 0.15) is 0 Å². The van der Waals surface area contributed by atoms with Crippen LogP contribution in [0.4, 0.5) is 0 Å². The van der Waals surface area contributed by atoms with Crippen LogP contribution in [0, 0.1) is 0 Å². The van der Waals surface area contributed by atoms with Gasteiger partial charge in [-0.2, -0.15) is 0 Å². The smallest absolute Gasteiger partial charge is 0.234 e. The van der Waals surface area contributed by atoms with Gasteiger partial charge in [-0.15, -0.1) is 0 Å². The molecule has 4 nitrogen and oxygen atoms in total. The Morgan fingerprint density at radius 2 is 1.81 bits per heavy atom. The zero-order chi connectivity index (χ0) is 15.7. The van der Waals surface area contributed by atoms with Crippen LogP contribution in [-0.4, -0.2) is 42.0 Å². The lowest BCUT2D eigenvalue weighted by molar-refractivity contribution is -0.125. The largest absolute Gasteiger partial charge is 0.352 e. The summed E-state index contributed by atoms with van der Waals surface area (Å²) in [6.45, 7) is 8.58. The average molecular weight is 297 g/mol. The van der Waals surface area contributed by atoms with Gasteiger partial charge in [0.25, 0.3) is 0 Å². The first-order valence-corrected chi connectivity index (χ1v) is 8.86. The standard InChI is InChI=1S/C17H35N3O/c1-4-12-20(17(5-2,6-3)14-18)13-16(21)19-15-10-8-7-9-11-15/h15H,4-14,18H2,1-3H3,(H,19,21). The number of nitrogens with one attached hydrogen (secondary N) is 1. The molecular formula is C17H35N3O. The van der Waals surface area contributed by atoms with Crippen molar-refractivity contribution in [3.8, 4) is 0 Å². The molecule has 3 N–H and O–H groups in total. The van der Waals surface area contributed by atoms with Crippen LogP contribution in [0.3, 0.4) is 0 Å². The van der Waals surface area contributed by atoms with E-state index in [0.717, 1.165) is 38.6 Å². The summed E-state index contributed by atoms with van der Waals surface area (Å²) in [5, 5.41) is 3.23. The van der Waals surface area contributed by atoms with E-state index in [1.54, 1.807) is 0 Å². The van der Waals surface area contributed by atoms with E-state index in [9.17, 15) is 4.79 Å². The maximum absolute atomic E-state index is 12.4. The van der Waals surface area contributed by atoms with E-state index in [1.807, 2.05) is 0 Å². The van der Waals surface area contributed by atoms with Crippen LogP contribution in [0.25, 0.3) is 0 Å². The molecule has 1 saturated carbocycles.